The molecule has 4 heteroatoms. The average Bonchev–Trinajstić information content (AvgIpc) is 2.93. The van der Waals surface area contributed by atoms with Crippen LogP contribution in [0.15, 0.2) is 36.7 Å². The van der Waals surface area contributed by atoms with E-state index in [4.69, 9.17) is 4.74 Å². The number of para-hydroxylation sites is 1. The second kappa shape index (κ2) is 7.45. The Morgan fingerprint density at radius 3 is 2.55 bits per heavy atom. The van der Waals surface area contributed by atoms with E-state index >= 15 is 0 Å². The van der Waals surface area contributed by atoms with E-state index in [1.807, 2.05) is 29.0 Å². The zero-order valence-corrected chi connectivity index (χ0v) is 13.9. The highest BCUT2D eigenvalue weighted by molar-refractivity contribution is 5.35. The molecule has 0 radical (unpaired) electrons. The van der Waals surface area contributed by atoms with Gasteiger partial charge in [-0.15, -0.1) is 0 Å². The Morgan fingerprint density at radius 2 is 1.86 bits per heavy atom. The van der Waals surface area contributed by atoms with Gasteiger partial charge in [0.05, 0.1) is 6.54 Å². The van der Waals surface area contributed by atoms with Crippen molar-refractivity contribution in [3.63, 3.8) is 0 Å². The summed E-state index contributed by atoms with van der Waals surface area (Å²) in [6.07, 6.45) is 3.12. The molecule has 2 rings (SSSR count). The van der Waals surface area contributed by atoms with Crippen LogP contribution in [0.2, 0.25) is 0 Å². The molecule has 0 aliphatic rings. The van der Waals surface area contributed by atoms with Crippen molar-refractivity contribution in [2.45, 2.75) is 52.2 Å². The first-order chi connectivity index (χ1) is 10.5. The molecule has 1 aromatic carbocycles. The lowest BCUT2D eigenvalue weighted by molar-refractivity contribution is 0.0909. The third-order valence-corrected chi connectivity index (χ3v) is 3.64. The van der Waals surface area contributed by atoms with Crippen molar-refractivity contribution >= 4 is 0 Å². The fourth-order valence-corrected chi connectivity index (χ4v) is 2.53. The van der Waals surface area contributed by atoms with E-state index in [2.05, 4.69) is 38.7 Å². The van der Waals surface area contributed by atoms with Crippen LogP contribution >= 0.6 is 0 Å². The van der Waals surface area contributed by atoms with E-state index in [-0.39, 0.29) is 6.61 Å². The number of aliphatic hydroxyl groups excluding tert-OH is 1. The molecule has 4 nitrogen and oxygen atoms in total. The first-order valence-electron chi connectivity index (χ1n) is 7.89. The Labute approximate surface area is 132 Å². The number of ether oxygens (including phenoxy) is 1. The largest absolute Gasteiger partial charge is 0.491 e. The van der Waals surface area contributed by atoms with Crippen LogP contribution in [0.3, 0.4) is 0 Å². The summed E-state index contributed by atoms with van der Waals surface area (Å²) in [5.41, 5.74) is 1.17. The first-order valence-corrected chi connectivity index (χ1v) is 7.89. The highest BCUT2D eigenvalue weighted by atomic mass is 16.5. The second-order valence-corrected chi connectivity index (χ2v) is 6.25. The van der Waals surface area contributed by atoms with Crippen LogP contribution in [-0.4, -0.2) is 27.4 Å². The topological polar surface area (TPSA) is 47.3 Å². The van der Waals surface area contributed by atoms with Crippen molar-refractivity contribution in [2.75, 3.05) is 6.61 Å². The summed E-state index contributed by atoms with van der Waals surface area (Å²) >= 11 is 0. The summed E-state index contributed by atoms with van der Waals surface area (Å²) < 4.78 is 7.82. The minimum atomic E-state index is -0.563. The van der Waals surface area contributed by atoms with E-state index in [0.29, 0.717) is 18.4 Å². The summed E-state index contributed by atoms with van der Waals surface area (Å²) in [5.74, 6) is 2.58. The van der Waals surface area contributed by atoms with Gasteiger partial charge in [-0.3, -0.25) is 0 Å². The van der Waals surface area contributed by atoms with Crippen LogP contribution in [0.5, 0.6) is 5.75 Å². The Kier molecular flexibility index (Phi) is 5.61. The molecule has 0 aliphatic heterocycles. The molecule has 1 atom stereocenters. The van der Waals surface area contributed by atoms with E-state index in [1.54, 1.807) is 6.20 Å². The Bertz CT molecular complexity index is 590. The lowest BCUT2D eigenvalue weighted by Crippen LogP contribution is -2.24. The zero-order valence-electron chi connectivity index (χ0n) is 13.9. The molecule has 0 saturated carbocycles. The summed E-state index contributed by atoms with van der Waals surface area (Å²) in [6.45, 7) is 9.25. The zero-order chi connectivity index (χ0) is 16.1. The van der Waals surface area contributed by atoms with Crippen LogP contribution in [0.4, 0.5) is 0 Å². The van der Waals surface area contributed by atoms with E-state index in [9.17, 15) is 5.11 Å². The predicted molar refractivity (Wildman–Crippen MR) is 88.3 cm³/mol. The highest BCUT2D eigenvalue weighted by Crippen LogP contribution is 2.26. The van der Waals surface area contributed by atoms with Gasteiger partial charge in [-0.1, -0.05) is 45.9 Å². The molecular weight excluding hydrogens is 276 g/mol. The van der Waals surface area contributed by atoms with Gasteiger partial charge in [0.2, 0.25) is 0 Å². The maximum atomic E-state index is 10.2. The van der Waals surface area contributed by atoms with Gasteiger partial charge in [-0.05, 0) is 17.5 Å². The third kappa shape index (κ3) is 4.10. The minimum Gasteiger partial charge on any atom is -0.491 e. The molecule has 22 heavy (non-hydrogen) atoms. The molecule has 2 aromatic rings. The summed E-state index contributed by atoms with van der Waals surface area (Å²) in [6, 6.07) is 8.00. The molecule has 0 aliphatic carbocycles. The summed E-state index contributed by atoms with van der Waals surface area (Å²) in [4.78, 5) is 4.34. The third-order valence-electron chi connectivity index (χ3n) is 3.64. The lowest BCUT2D eigenvalue weighted by atomic mass is 10.0. The number of hydrogen-bond donors (Lipinski definition) is 1. The second-order valence-electron chi connectivity index (χ2n) is 6.25. The Balaban J connectivity index is 1.96. The number of imidazole rings is 1. The van der Waals surface area contributed by atoms with Crippen LogP contribution in [-0.2, 0) is 6.54 Å². The van der Waals surface area contributed by atoms with Gasteiger partial charge in [-0.2, -0.15) is 0 Å². The van der Waals surface area contributed by atoms with Crippen LogP contribution in [0.1, 0.15) is 50.9 Å². The fourth-order valence-electron chi connectivity index (χ4n) is 2.53. The molecule has 1 aromatic heterocycles. The van der Waals surface area contributed by atoms with E-state index in [0.717, 1.165) is 11.6 Å². The van der Waals surface area contributed by atoms with Crippen molar-refractivity contribution in [1.29, 1.82) is 0 Å². The van der Waals surface area contributed by atoms with Crippen molar-refractivity contribution in [3.8, 4) is 5.75 Å². The maximum absolute atomic E-state index is 10.2. The van der Waals surface area contributed by atoms with Gasteiger partial charge in [0.1, 0.15) is 24.3 Å². The average molecular weight is 302 g/mol. The number of rotatable bonds is 7. The molecule has 120 valence electrons. The predicted octanol–water partition coefficient (Wildman–Crippen LogP) is 3.57. The quantitative estimate of drug-likeness (QED) is 0.850. The van der Waals surface area contributed by atoms with E-state index < -0.39 is 6.10 Å². The van der Waals surface area contributed by atoms with Crippen molar-refractivity contribution in [1.82, 2.24) is 9.55 Å². The molecule has 0 fully saturated rings. The highest BCUT2D eigenvalue weighted by Gasteiger charge is 2.13. The number of hydrogen-bond acceptors (Lipinski definition) is 3. The number of aromatic nitrogens is 2. The standard InChI is InChI=1S/C18H26N2O2/c1-13(2)16-7-5-6-8-17(16)22-12-15(21)11-20-10-9-19-18(20)14(3)4/h5-10,13-15,21H,11-12H2,1-4H3. The summed E-state index contributed by atoms with van der Waals surface area (Å²) in [5, 5.41) is 10.2. The molecule has 1 heterocycles. The van der Waals surface area contributed by atoms with Crippen molar-refractivity contribution in [3.05, 3.63) is 48.0 Å². The van der Waals surface area contributed by atoms with Crippen LogP contribution < -0.4 is 4.74 Å². The number of benzene rings is 1. The molecule has 0 amide bonds. The molecule has 1 N–H and O–H groups in total. The van der Waals surface area contributed by atoms with Crippen molar-refractivity contribution in [2.24, 2.45) is 0 Å². The molecular formula is C18H26N2O2. The summed E-state index contributed by atoms with van der Waals surface area (Å²) in [7, 11) is 0. The molecule has 1 unspecified atom stereocenters. The molecule has 0 bridgehead atoms. The maximum Gasteiger partial charge on any atom is 0.122 e. The van der Waals surface area contributed by atoms with Crippen molar-refractivity contribution < 1.29 is 9.84 Å². The molecule has 0 saturated heterocycles. The Morgan fingerprint density at radius 1 is 1.14 bits per heavy atom. The number of nitrogens with zero attached hydrogens (tertiary/aromatic N) is 2. The fraction of sp³-hybridized carbons (Fsp3) is 0.500. The van der Waals surface area contributed by atoms with Crippen LogP contribution in [0, 0.1) is 0 Å². The van der Waals surface area contributed by atoms with Gasteiger partial charge in [-0.25, -0.2) is 4.98 Å². The van der Waals surface area contributed by atoms with Gasteiger partial charge in [0.15, 0.2) is 0 Å². The Hall–Kier alpha value is -1.81. The molecule has 0 spiro atoms. The monoisotopic (exact) mass is 302 g/mol. The normalized spacial score (nSPS) is 12.9. The first kappa shape index (κ1) is 16.6. The SMILES string of the molecule is CC(C)c1ccccc1OCC(O)Cn1ccnc1C(C)C. The smallest absolute Gasteiger partial charge is 0.122 e. The van der Waals surface area contributed by atoms with Gasteiger partial charge in [0, 0.05) is 18.3 Å². The van der Waals surface area contributed by atoms with E-state index in [1.165, 1.54) is 5.56 Å². The van der Waals surface area contributed by atoms with Gasteiger partial charge in [0.25, 0.3) is 0 Å². The van der Waals surface area contributed by atoms with Crippen LogP contribution in [0.25, 0.3) is 0 Å². The minimum absolute atomic E-state index is 0.277. The number of aliphatic hydroxyl groups is 1. The van der Waals surface area contributed by atoms with Gasteiger partial charge < -0.3 is 14.4 Å². The lowest BCUT2D eigenvalue weighted by Gasteiger charge is -2.18. The van der Waals surface area contributed by atoms with Gasteiger partial charge >= 0.3 is 0 Å².